The van der Waals surface area contributed by atoms with Crippen LogP contribution in [0.1, 0.15) is 12.8 Å². The molecule has 0 bridgehead atoms. The van der Waals surface area contributed by atoms with E-state index in [1.54, 1.807) is 6.20 Å². The van der Waals surface area contributed by atoms with Gasteiger partial charge in [0.2, 0.25) is 0 Å². The highest BCUT2D eigenvalue weighted by molar-refractivity contribution is 7.19. The average Bonchev–Trinajstić information content (AvgIpc) is 2.96. The molecule has 7 heteroatoms. The van der Waals surface area contributed by atoms with E-state index in [1.807, 2.05) is 35.3 Å². The summed E-state index contributed by atoms with van der Waals surface area (Å²) >= 11 is 1.45. The number of hydrogen-bond donors (Lipinski definition) is 3. The first kappa shape index (κ1) is 15.0. The van der Waals surface area contributed by atoms with Gasteiger partial charge in [-0.05, 0) is 18.4 Å². The summed E-state index contributed by atoms with van der Waals surface area (Å²) in [4.78, 5) is 17.3. The van der Waals surface area contributed by atoms with Crippen molar-refractivity contribution in [1.82, 2.24) is 15.4 Å². The zero-order chi connectivity index (χ0) is 15.4. The molecule has 6 nitrogen and oxygen atoms in total. The van der Waals surface area contributed by atoms with Crippen LogP contribution < -0.4 is 16.5 Å². The Labute approximate surface area is 133 Å². The predicted molar refractivity (Wildman–Crippen MR) is 88.5 cm³/mol. The topological polar surface area (TPSA) is 83.3 Å². The molecule has 2 heterocycles. The molecular formula is C15H19N5OS. The SMILES string of the molecule is NC1CCCN(NC(=O)Nc2ncc(-c3ccccc3)s2)C1. The number of carbonyl (C=O) groups excluding carboxylic acids is 1. The summed E-state index contributed by atoms with van der Waals surface area (Å²) in [5.74, 6) is 0. The lowest BCUT2D eigenvalue weighted by molar-refractivity contribution is 0.150. The van der Waals surface area contributed by atoms with Crippen LogP contribution in [0.5, 0.6) is 0 Å². The third-order valence-electron chi connectivity index (χ3n) is 3.50. The molecule has 116 valence electrons. The number of hydrogen-bond acceptors (Lipinski definition) is 5. The van der Waals surface area contributed by atoms with Crippen LogP contribution in [0.25, 0.3) is 10.4 Å². The smallest absolute Gasteiger partial charge is 0.326 e. The number of piperidine rings is 1. The van der Waals surface area contributed by atoms with E-state index in [0.717, 1.165) is 29.8 Å². The molecule has 0 aliphatic carbocycles. The Morgan fingerprint density at radius 2 is 2.18 bits per heavy atom. The molecule has 1 unspecified atom stereocenters. The molecule has 1 aromatic heterocycles. The van der Waals surface area contributed by atoms with Gasteiger partial charge in [-0.25, -0.2) is 14.8 Å². The molecular weight excluding hydrogens is 298 g/mol. The highest BCUT2D eigenvalue weighted by atomic mass is 32.1. The first-order valence-electron chi connectivity index (χ1n) is 7.30. The van der Waals surface area contributed by atoms with Gasteiger partial charge in [0.15, 0.2) is 5.13 Å². The fourth-order valence-corrected chi connectivity index (χ4v) is 3.26. The highest BCUT2D eigenvalue weighted by Gasteiger charge is 2.18. The van der Waals surface area contributed by atoms with E-state index in [4.69, 9.17) is 5.73 Å². The second-order valence-electron chi connectivity index (χ2n) is 5.31. The zero-order valence-electron chi connectivity index (χ0n) is 12.2. The van der Waals surface area contributed by atoms with E-state index in [1.165, 1.54) is 11.3 Å². The second kappa shape index (κ2) is 6.87. The number of aromatic nitrogens is 1. The number of nitrogens with two attached hydrogens (primary N) is 1. The van der Waals surface area contributed by atoms with Crippen molar-refractivity contribution >= 4 is 22.5 Å². The molecule has 0 spiro atoms. The van der Waals surface area contributed by atoms with Crippen molar-refractivity contribution < 1.29 is 4.79 Å². The van der Waals surface area contributed by atoms with E-state index in [0.29, 0.717) is 11.7 Å². The maximum absolute atomic E-state index is 12.0. The summed E-state index contributed by atoms with van der Waals surface area (Å²) in [6, 6.07) is 9.82. The van der Waals surface area contributed by atoms with Crippen LogP contribution in [0.2, 0.25) is 0 Å². The second-order valence-corrected chi connectivity index (χ2v) is 6.34. The van der Waals surface area contributed by atoms with E-state index in [9.17, 15) is 4.79 Å². The Morgan fingerprint density at radius 1 is 1.36 bits per heavy atom. The van der Waals surface area contributed by atoms with Gasteiger partial charge in [0, 0.05) is 25.3 Å². The van der Waals surface area contributed by atoms with Crippen molar-refractivity contribution in [3.8, 4) is 10.4 Å². The van der Waals surface area contributed by atoms with Crippen LogP contribution in [0.15, 0.2) is 36.5 Å². The van der Waals surface area contributed by atoms with E-state index in [-0.39, 0.29) is 12.1 Å². The minimum absolute atomic E-state index is 0.124. The fraction of sp³-hybridized carbons (Fsp3) is 0.333. The van der Waals surface area contributed by atoms with Gasteiger partial charge in [0.25, 0.3) is 0 Å². The zero-order valence-corrected chi connectivity index (χ0v) is 13.0. The van der Waals surface area contributed by atoms with Crippen LogP contribution in [0.3, 0.4) is 0 Å². The molecule has 1 saturated heterocycles. The Bertz CT molecular complexity index is 630. The van der Waals surface area contributed by atoms with Crippen LogP contribution in [-0.2, 0) is 0 Å². The van der Waals surface area contributed by atoms with Crippen LogP contribution >= 0.6 is 11.3 Å². The Hall–Kier alpha value is -1.96. The predicted octanol–water partition coefficient (Wildman–Crippen LogP) is 2.27. The molecule has 2 aromatic rings. The molecule has 0 saturated carbocycles. The number of thiazole rings is 1. The number of carbonyl (C=O) groups is 1. The Balaban J connectivity index is 1.57. The van der Waals surface area contributed by atoms with Crippen LogP contribution in [0.4, 0.5) is 9.93 Å². The minimum Gasteiger partial charge on any atom is -0.326 e. The van der Waals surface area contributed by atoms with Gasteiger partial charge < -0.3 is 5.73 Å². The van der Waals surface area contributed by atoms with Crippen molar-refractivity contribution in [2.75, 3.05) is 18.4 Å². The highest BCUT2D eigenvalue weighted by Crippen LogP contribution is 2.28. The normalized spacial score (nSPS) is 18.9. The van der Waals surface area contributed by atoms with Crippen molar-refractivity contribution in [2.24, 2.45) is 5.73 Å². The largest absolute Gasteiger partial charge is 0.335 e. The van der Waals surface area contributed by atoms with Gasteiger partial charge in [-0.2, -0.15) is 0 Å². The lowest BCUT2D eigenvalue weighted by Crippen LogP contribution is -2.52. The third-order valence-corrected chi connectivity index (χ3v) is 4.46. The molecule has 2 amide bonds. The monoisotopic (exact) mass is 317 g/mol. The molecule has 4 N–H and O–H groups in total. The quantitative estimate of drug-likeness (QED) is 0.811. The maximum Gasteiger partial charge on any atom is 0.335 e. The molecule has 1 aromatic carbocycles. The van der Waals surface area contributed by atoms with Crippen LogP contribution in [-0.4, -0.2) is 35.2 Å². The number of hydrazine groups is 1. The summed E-state index contributed by atoms with van der Waals surface area (Å²) in [5.41, 5.74) is 9.81. The molecule has 1 atom stereocenters. The van der Waals surface area contributed by atoms with Crippen molar-refractivity contribution in [3.63, 3.8) is 0 Å². The summed E-state index contributed by atoms with van der Waals surface area (Å²) in [7, 11) is 0. The van der Waals surface area contributed by atoms with Gasteiger partial charge in [-0.15, -0.1) is 0 Å². The third kappa shape index (κ3) is 3.82. The first-order valence-corrected chi connectivity index (χ1v) is 8.12. The van der Waals surface area contributed by atoms with Crippen LogP contribution in [0, 0.1) is 0 Å². The first-order chi connectivity index (χ1) is 10.7. The number of benzene rings is 1. The minimum atomic E-state index is -0.275. The van der Waals surface area contributed by atoms with Crippen molar-refractivity contribution in [2.45, 2.75) is 18.9 Å². The molecule has 0 radical (unpaired) electrons. The van der Waals surface area contributed by atoms with Gasteiger partial charge in [0.05, 0.1) is 4.88 Å². The summed E-state index contributed by atoms with van der Waals surface area (Å²) in [5, 5.41) is 5.21. The molecule has 22 heavy (non-hydrogen) atoms. The van der Waals surface area contributed by atoms with E-state index in [2.05, 4.69) is 15.7 Å². The average molecular weight is 317 g/mol. The summed E-state index contributed by atoms with van der Waals surface area (Å²) < 4.78 is 0. The fourth-order valence-electron chi connectivity index (χ4n) is 2.45. The molecule has 1 fully saturated rings. The lowest BCUT2D eigenvalue weighted by atomic mass is 10.1. The number of nitrogens with one attached hydrogen (secondary N) is 2. The molecule has 1 aliphatic heterocycles. The summed E-state index contributed by atoms with van der Waals surface area (Å²) in [6.07, 6.45) is 3.77. The van der Waals surface area contributed by atoms with Crippen molar-refractivity contribution in [3.05, 3.63) is 36.5 Å². The molecule has 1 aliphatic rings. The van der Waals surface area contributed by atoms with E-state index >= 15 is 0 Å². The number of anilines is 1. The number of amides is 2. The standard InChI is InChI=1S/C15H19N5OS/c16-12-7-4-8-20(10-12)19-14(21)18-15-17-9-13(22-15)11-5-2-1-3-6-11/h1-3,5-6,9,12H,4,7-8,10,16H2,(H2,17,18,19,21). The van der Waals surface area contributed by atoms with Gasteiger partial charge in [-0.3, -0.25) is 10.7 Å². The number of nitrogens with zero attached hydrogens (tertiary/aromatic N) is 2. The Kier molecular flexibility index (Phi) is 4.67. The number of rotatable bonds is 3. The maximum atomic E-state index is 12.0. The van der Waals surface area contributed by atoms with Gasteiger partial charge >= 0.3 is 6.03 Å². The van der Waals surface area contributed by atoms with Gasteiger partial charge in [-0.1, -0.05) is 41.7 Å². The van der Waals surface area contributed by atoms with E-state index < -0.39 is 0 Å². The number of urea groups is 1. The van der Waals surface area contributed by atoms with Crippen molar-refractivity contribution in [1.29, 1.82) is 0 Å². The molecule has 3 rings (SSSR count). The Morgan fingerprint density at radius 3 is 2.95 bits per heavy atom. The van der Waals surface area contributed by atoms with Gasteiger partial charge in [0.1, 0.15) is 0 Å². The lowest BCUT2D eigenvalue weighted by Gasteiger charge is -2.30. The summed E-state index contributed by atoms with van der Waals surface area (Å²) in [6.45, 7) is 1.51.